The minimum atomic E-state index is -3.69. The van der Waals surface area contributed by atoms with Gasteiger partial charge in [-0.3, -0.25) is 4.79 Å². The number of carbonyl (C=O) groups is 1. The lowest BCUT2D eigenvalue weighted by Gasteiger charge is -2.14. The van der Waals surface area contributed by atoms with Crippen LogP contribution in [0.2, 0.25) is 0 Å². The molecule has 0 fully saturated rings. The fourth-order valence-electron chi connectivity index (χ4n) is 1.65. The van der Waals surface area contributed by atoms with Gasteiger partial charge in [-0.1, -0.05) is 6.07 Å². The van der Waals surface area contributed by atoms with E-state index in [4.69, 9.17) is 10.5 Å². The van der Waals surface area contributed by atoms with Gasteiger partial charge >= 0.3 is 0 Å². The van der Waals surface area contributed by atoms with Crippen LogP contribution in [0.1, 0.15) is 22.8 Å². The van der Waals surface area contributed by atoms with Crippen LogP contribution >= 0.6 is 0 Å². The number of hydrogen-bond acceptors (Lipinski definition) is 4. The van der Waals surface area contributed by atoms with E-state index in [1.807, 2.05) is 0 Å². The van der Waals surface area contributed by atoms with E-state index in [2.05, 4.69) is 4.72 Å². The molecular formula is C12H18N2O4S. The van der Waals surface area contributed by atoms with Gasteiger partial charge in [-0.2, -0.15) is 0 Å². The van der Waals surface area contributed by atoms with E-state index in [1.54, 1.807) is 19.9 Å². The molecule has 1 unspecified atom stereocenters. The number of rotatable bonds is 6. The summed E-state index contributed by atoms with van der Waals surface area (Å²) in [5.41, 5.74) is 6.03. The zero-order chi connectivity index (χ0) is 14.6. The maximum absolute atomic E-state index is 12.1. The highest BCUT2D eigenvalue weighted by Crippen LogP contribution is 2.15. The van der Waals surface area contributed by atoms with Crippen molar-refractivity contribution in [2.75, 3.05) is 13.7 Å². The van der Waals surface area contributed by atoms with E-state index in [0.29, 0.717) is 5.56 Å². The molecule has 3 N–H and O–H groups in total. The van der Waals surface area contributed by atoms with Crippen molar-refractivity contribution in [1.82, 2.24) is 4.72 Å². The number of amides is 1. The number of benzene rings is 1. The van der Waals surface area contributed by atoms with Gasteiger partial charge in [0.15, 0.2) is 0 Å². The van der Waals surface area contributed by atoms with Crippen molar-refractivity contribution in [2.45, 2.75) is 24.8 Å². The summed E-state index contributed by atoms with van der Waals surface area (Å²) in [7, 11) is -2.20. The van der Waals surface area contributed by atoms with Crippen LogP contribution in [-0.2, 0) is 14.8 Å². The molecule has 0 saturated carbocycles. The molecule has 0 saturated heterocycles. The first kappa shape index (κ1) is 15.6. The second kappa shape index (κ2) is 6.14. The van der Waals surface area contributed by atoms with E-state index < -0.39 is 15.9 Å². The van der Waals surface area contributed by atoms with Crippen molar-refractivity contribution in [3.8, 4) is 0 Å². The Morgan fingerprint density at radius 3 is 2.63 bits per heavy atom. The third-order valence-corrected chi connectivity index (χ3v) is 4.15. The summed E-state index contributed by atoms with van der Waals surface area (Å²) in [5, 5.41) is 0. The summed E-state index contributed by atoms with van der Waals surface area (Å²) >= 11 is 0. The van der Waals surface area contributed by atoms with Gasteiger partial charge in [0.1, 0.15) is 0 Å². The Kier molecular flexibility index (Phi) is 5.04. The monoisotopic (exact) mass is 286 g/mol. The molecule has 0 aromatic heterocycles. The minimum absolute atomic E-state index is 0.00912. The number of nitrogens with two attached hydrogens (primary N) is 1. The summed E-state index contributed by atoms with van der Waals surface area (Å²) in [6, 6.07) is 3.90. The Hall–Kier alpha value is -1.44. The van der Waals surface area contributed by atoms with E-state index >= 15 is 0 Å². The molecule has 19 heavy (non-hydrogen) atoms. The molecule has 1 atom stereocenters. The molecule has 6 nitrogen and oxygen atoms in total. The lowest BCUT2D eigenvalue weighted by molar-refractivity contribution is 0.0999. The van der Waals surface area contributed by atoms with Gasteiger partial charge in [0.05, 0.1) is 11.5 Å². The van der Waals surface area contributed by atoms with Gasteiger partial charge < -0.3 is 10.5 Å². The third kappa shape index (κ3) is 4.02. The first-order chi connectivity index (χ1) is 8.77. The number of methoxy groups -OCH3 is 1. The van der Waals surface area contributed by atoms with Gasteiger partial charge in [-0.05, 0) is 31.5 Å². The molecule has 0 bridgehead atoms. The van der Waals surface area contributed by atoms with E-state index in [-0.39, 0.29) is 23.1 Å². The average Bonchev–Trinajstić information content (AvgIpc) is 2.28. The predicted molar refractivity (Wildman–Crippen MR) is 71.4 cm³/mol. The quantitative estimate of drug-likeness (QED) is 0.791. The van der Waals surface area contributed by atoms with Gasteiger partial charge in [-0.15, -0.1) is 0 Å². The fraction of sp³-hybridized carbons (Fsp3) is 0.417. The summed E-state index contributed by atoms with van der Waals surface area (Å²) in [5.74, 6) is -0.653. The molecule has 7 heteroatoms. The SMILES string of the molecule is COCC(C)NS(=O)(=O)c1ccc(C)c(C(N)=O)c1. The van der Waals surface area contributed by atoms with Crippen molar-refractivity contribution in [3.63, 3.8) is 0 Å². The number of carbonyl (C=O) groups excluding carboxylic acids is 1. The Morgan fingerprint density at radius 1 is 1.47 bits per heavy atom. The standard InChI is InChI=1S/C12H18N2O4S/c1-8-4-5-10(6-11(8)12(13)15)19(16,17)14-9(2)7-18-3/h4-6,9,14H,7H2,1-3H3,(H2,13,15). The zero-order valence-electron chi connectivity index (χ0n) is 11.1. The topological polar surface area (TPSA) is 98.5 Å². The van der Waals surface area contributed by atoms with Crippen LogP contribution in [-0.4, -0.2) is 34.1 Å². The smallest absolute Gasteiger partial charge is 0.249 e. The maximum Gasteiger partial charge on any atom is 0.249 e. The first-order valence-corrected chi connectivity index (χ1v) is 7.18. The van der Waals surface area contributed by atoms with Crippen LogP contribution in [0.15, 0.2) is 23.1 Å². The molecule has 1 amide bonds. The minimum Gasteiger partial charge on any atom is -0.383 e. The summed E-state index contributed by atoms with van der Waals surface area (Å²) < 4.78 is 31.5. The number of hydrogen-bond donors (Lipinski definition) is 2. The van der Waals surface area contributed by atoms with Crippen LogP contribution in [0, 0.1) is 6.92 Å². The lowest BCUT2D eigenvalue weighted by Crippen LogP contribution is -2.35. The molecule has 106 valence electrons. The number of aryl methyl sites for hydroxylation is 1. The highest BCUT2D eigenvalue weighted by Gasteiger charge is 2.19. The predicted octanol–water partition coefficient (Wildman–Crippen LogP) is 0.407. The summed E-state index contributed by atoms with van der Waals surface area (Å²) in [4.78, 5) is 11.2. The Morgan fingerprint density at radius 2 is 2.11 bits per heavy atom. The molecule has 0 aliphatic rings. The molecule has 0 heterocycles. The van der Waals surface area contributed by atoms with Crippen LogP contribution in [0.4, 0.5) is 0 Å². The molecule has 0 spiro atoms. The van der Waals surface area contributed by atoms with Crippen molar-refractivity contribution in [3.05, 3.63) is 29.3 Å². The second-order valence-corrected chi connectivity index (χ2v) is 6.03. The number of ether oxygens (including phenoxy) is 1. The van der Waals surface area contributed by atoms with Gasteiger partial charge in [-0.25, -0.2) is 13.1 Å². The van der Waals surface area contributed by atoms with Crippen LogP contribution in [0.25, 0.3) is 0 Å². The highest BCUT2D eigenvalue weighted by atomic mass is 32.2. The molecule has 0 radical (unpaired) electrons. The largest absolute Gasteiger partial charge is 0.383 e. The second-order valence-electron chi connectivity index (χ2n) is 4.32. The zero-order valence-corrected chi connectivity index (χ0v) is 12.0. The Bertz CT molecular complexity index is 569. The summed E-state index contributed by atoms with van der Waals surface area (Å²) in [6.07, 6.45) is 0. The fourth-order valence-corrected chi connectivity index (χ4v) is 2.90. The number of primary amides is 1. The average molecular weight is 286 g/mol. The maximum atomic E-state index is 12.1. The molecule has 1 aromatic carbocycles. The van der Waals surface area contributed by atoms with Crippen LogP contribution in [0.5, 0.6) is 0 Å². The molecule has 1 aromatic rings. The van der Waals surface area contributed by atoms with Crippen molar-refractivity contribution >= 4 is 15.9 Å². The molecule has 1 rings (SSSR count). The van der Waals surface area contributed by atoms with Crippen molar-refractivity contribution in [1.29, 1.82) is 0 Å². The normalized spacial score (nSPS) is 13.2. The highest BCUT2D eigenvalue weighted by molar-refractivity contribution is 7.89. The first-order valence-electron chi connectivity index (χ1n) is 5.69. The molecule has 0 aliphatic heterocycles. The Labute approximate surface area is 113 Å². The molecule has 0 aliphatic carbocycles. The van der Waals surface area contributed by atoms with E-state index in [0.717, 1.165) is 0 Å². The van der Waals surface area contributed by atoms with E-state index in [9.17, 15) is 13.2 Å². The van der Waals surface area contributed by atoms with Crippen molar-refractivity contribution < 1.29 is 17.9 Å². The van der Waals surface area contributed by atoms with Crippen LogP contribution < -0.4 is 10.5 Å². The molecular weight excluding hydrogens is 268 g/mol. The van der Waals surface area contributed by atoms with Gasteiger partial charge in [0.25, 0.3) is 0 Å². The number of nitrogens with one attached hydrogen (secondary N) is 1. The summed E-state index contributed by atoms with van der Waals surface area (Å²) in [6.45, 7) is 3.63. The lowest BCUT2D eigenvalue weighted by atomic mass is 10.1. The van der Waals surface area contributed by atoms with Crippen LogP contribution in [0.3, 0.4) is 0 Å². The van der Waals surface area contributed by atoms with E-state index in [1.165, 1.54) is 19.2 Å². The van der Waals surface area contributed by atoms with Crippen molar-refractivity contribution in [2.24, 2.45) is 5.73 Å². The third-order valence-electron chi connectivity index (χ3n) is 2.56. The number of sulfonamides is 1. The van der Waals surface area contributed by atoms with Gasteiger partial charge in [0.2, 0.25) is 15.9 Å². The Balaban J connectivity index is 3.08. The van der Waals surface area contributed by atoms with Gasteiger partial charge in [0, 0.05) is 18.7 Å².